The molecule has 74 valence electrons. The molecule has 0 aliphatic carbocycles. The van der Waals surface area contributed by atoms with Crippen molar-refractivity contribution in [2.24, 2.45) is 0 Å². The summed E-state index contributed by atoms with van der Waals surface area (Å²) in [4.78, 5) is 1.42. The lowest BCUT2D eigenvalue weighted by Crippen LogP contribution is -1.85. The summed E-state index contributed by atoms with van der Waals surface area (Å²) in [6, 6.07) is 6.66. The first kappa shape index (κ1) is 12.6. The maximum Gasteiger partial charge on any atom is 0.0104 e. The van der Waals surface area contributed by atoms with Crippen molar-refractivity contribution in [3.63, 3.8) is 0 Å². The number of hydrogen-bond acceptors (Lipinski definition) is 1. The van der Waals surface area contributed by atoms with Gasteiger partial charge < -0.3 is 0 Å². The lowest BCUT2D eigenvalue weighted by molar-refractivity contribution is 1.08. The molecule has 13 heavy (non-hydrogen) atoms. The van der Waals surface area contributed by atoms with Gasteiger partial charge in [-0.1, -0.05) is 38.5 Å². The Hall–Kier alpha value is -0.430. The van der Waals surface area contributed by atoms with E-state index in [0.717, 1.165) is 6.42 Å². The van der Waals surface area contributed by atoms with Gasteiger partial charge in [-0.05, 0) is 31.2 Å². The third kappa shape index (κ3) is 3.86. The zero-order valence-electron chi connectivity index (χ0n) is 9.35. The van der Waals surface area contributed by atoms with E-state index in [1.807, 2.05) is 25.6 Å². The molecule has 0 nitrogen and oxygen atoms in total. The van der Waals surface area contributed by atoms with E-state index in [1.165, 1.54) is 16.0 Å². The highest BCUT2D eigenvalue weighted by atomic mass is 32.2. The Bertz CT molecular complexity index is 241. The summed E-state index contributed by atoms with van der Waals surface area (Å²) in [7, 11) is 0. The van der Waals surface area contributed by atoms with Gasteiger partial charge in [0.2, 0.25) is 0 Å². The third-order valence-corrected chi connectivity index (χ3v) is 2.64. The first-order valence-electron chi connectivity index (χ1n) is 4.91. The van der Waals surface area contributed by atoms with E-state index in [4.69, 9.17) is 0 Å². The molecule has 0 bridgehead atoms. The maximum absolute atomic E-state index is 2.25. The van der Waals surface area contributed by atoms with Crippen molar-refractivity contribution < 1.29 is 0 Å². The van der Waals surface area contributed by atoms with Crippen LogP contribution in [0.15, 0.2) is 23.1 Å². The van der Waals surface area contributed by atoms with E-state index >= 15 is 0 Å². The van der Waals surface area contributed by atoms with Crippen molar-refractivity contribution in [1.29, 1.82) is 0 Å². The molecular formula is C12H20S. The monoisotopic (exact) mass is 196 g/mol. The molecule has 0 fully saturated rings. The van der Waals surface area contributed by atoms with Crippen LogP contribution in [0.3, 0.4) is 0 Å². The summed E-state index contributed by atoms with van der Waals surface area (Å²) in [5.41, 5.74) is 2.81. The Kier molecular flexibility index (Phi) is 6.79. The Morgan fingerprint density at radius 2 is 1.85 bits per heavy atom. The molecule has 0 N–H and O–H groups in total. The molecule has 0 amide bonds. The fourth-order valence-electron chi connectivity index (χ4n) is 1.14. The Labute approximate surface area is 86.7 Å². The first-order chi connectivity index (χ1) is 6.27. The van der Waals surface area contributed by atoms with Crippen molar-refractivity contribution >= 4 is 11.8 Å². The van der Waals surface area contributed by atoms with Gasteiger partial charge in [-0.2, -0.15) is 0 Å². The van der Waals surface area contributed by atoms with Crippen LogP contribution in [0.1, 0.15) is 31.9 Å². The number of hydrogen-bond donors (Lipinski definition) is 0. The van der Waals surface area contributed by atoms with Crippen LogP contribution in [0.4, 0.5) is 0 Å². The maximum atomic E-state index is 2.25. The molecular weight excluding hydrogens is 176 g/mol. The summed E-state index contributed by atoms with van der Waals surface area (Å²) < 4.78 is 0. The average molecular weight is 196 g/mol. The van der Waals surface area contributed by atoms with Gasteiger partial charge in [-0.15, -0.1) is 11.8 Å². The zero-order valence-corrected chi connectivity index (χ0v) is 10.2. The molecule has 0 aromatic heterocycles. The van der Waals surface area contributed by atoms with Crippen LogP contribution < -0.4 is 0 Å². The quantitative estimate of drug-likeness (QED) is 0.635. The van der Waals surface area contributed by atoms with Crippen LogP contribution in [0.25, 0.3) is 0 Å². The normalized spacial score (nSPS) is 9.00. The van der Waals surface area contributed by atoms with Crippen LogP contribution in [0, 0.1) is 6.92 Å². The van der Waals surface area contributed by atoms with Crippen LogP contribution in [0.2, 0.25) is 0 Å². The van der Waals surface area contributed by atoms with Gasteiger partial charge in [0.15, 0.2) is 0 Å². The van der Waals surface area contributed by atoms with Crippen LogP contribution >= 0.6 is 11.8 Å². The van der Waals surface area contributed by atoms with E-state index < -0.39 is 0 Å². The molecule has 0 aliphatic rings. The standard InChI is InChI=1S/C10H14S.C2H6/c1-4-9-6-5-8(2)7-10(9)11-3;1-2/h5-7H,4H2,1-3H3;1-2H3. The summed E-state index contributed by atoms with van der Waals surface area (Å²) in [6.07, 6.45) is 3.27. The Morgan fingerprint density at radius 1 is 1.23 bits per heavy atom. The predicted octanol–water partition coefficient (Wildman–Crippen LogP) is 4.31. The lowest BCUT2D eigenvalue weighted by Gasteiger charge is -2.04. The number of aryl methyl sites for hydroxylation is 2. The second-order valence-electron chi connectivity index (χ2n) is 2.67. The zero-order chi connectivity index (χ0) is 10.3. The second-order valence-corrected chi connectivity index (χ2v) is 3.52. The number of rotatable bonds is 2. The van der Waals surface area contributed by atoms with Crippen molar-refractivity contribution in [1.82, 2.24) is 0 Å². The van der Waals surface area contributed by atoms with Gasteiger partial charge >= 0.3 is 0 Å². The van der Waals surface area contributed by atoms with Crippen LogP contribution in [-0.4, -0.2) is 6.26 Å². The summed E-state index contributed by atoms with van der Waals surface area (Å²) in [6.45, 7) is 8.34. The fraction of sp³-hybridized carbons (Fsp3) is 0.500. The molecule has 1 aromatic rings. The molecule has 0 radical (unpaired) electrons. The van der Waals surface area contributed by atoms with E-state index in [2.05, 4.69) is 38.3 Å². The minimum absolute atomic E-state index is 1.14. The van der Waals surface area contributed by atoms with E-state index in [0.29, 0.717) is 0 Å². The van der Waals surface area contributed by atoms with Gasteiger partial charge in [-0.25, -0.2) is 0 Å². The molecule has 1 rings (SSSR count). The predicted molar refractivity (Wildman–Crippen MR) is 63.7 cm³/mol. The molecule has 1 aromatic carbocycles. The summed E-state index contributed by atoms with van der Waals surface area (Å²) in [5.74, 6) is 0. The van der Waals surface area contributed by atoms with Crippen molar-refractivity contribution in [3.05, 3.63) is 29.3 Å². The van der Waals surface area contributed by atoms with E-state index in [9.17, 15) is 0 Å². The second kappa shape index (κ2) is 7.02. The van der Waals surface area contributed by atoms with Gasteiger partial charge in [0.25, 0.3) is 0 Å². The van der Waals surface area contributed by atoms with Crippen LogP contribution in [-0.2, 0) is 6.42 Å². The van der Waals surface area contributed by atoms with Gasteiger partial charge in [-0.3, -0.25) is 0 Å². The Balaban J connectivity index is 0.000000671. The van der Waals surface area contributed by atoms with Crippen molar-refractivity contribution in [2.75, 3.05) is 6.26 Å². The minimum Gasteiger partial charge on any atom is -0.129 e. The summed E-state index contributed by atoms with van der Waals surface area (Å²) in [5, 5.41) is 0. The van der Waals surface area contributed by atoms with E-state index in [1.54, 1.807) is 0 Å². The fourth-order valence-corrected chi connectivity index (χ4v) is 1.92. The van der Waals surface area contributed by atoms with Crippen molar-refractivity contribution in [2.45, 2.75) is 39.0 Å². The molecule has 0 atom stereocenters. The topological polar surface area (TPSA) is 0 Å². The average Bonchev–Trinajstić information content (AvgIpc) is 2.20. The minimum atomic E-state index is 1.14. The number of benzene rings is 1. The molecule has 0 saturated carbocycles. The molecule has 1 heteroatoms. The van der Waals surface area contributed by atoms with Crippen LogP contribution in [0.5, 0.6) is 0 Å². The van der Waals surface area contributed by atoms with Crippen molar-refractivity contribution in [3.8, 4) is 0 Å². The largest absolute Gasteiger partial charge is 0.129 e. The van der Waals surface area contributed by atoms with Gasteiger partial charge in [0, 0.05) is 4.90 Å². The molecule has 0 saturated heterocycles. The van der Waals surface area contributed by atoms with Gasteiger partial charge in [0.05, 0.1) is 0 Å². The Morgan fingerprint density at radius 3 is 2.31 bits per heavy atom. The third-order valence-electron chi connectivity index (χ3n) is 1.82. The lowest BCUT2D eigenvalue weighted by atomic mass is 10.1. The molecule has 0 aliphatic heterocycles. The van der Waals surface area contributed by atoms with E-state index in [-0.39, 0.29) is 0 Å². The highest BCUT2D eigenvalue weighted by Crippen LogP contribution is 2.21. The smallest absolute Gasteiger partial charge is 0.0104 e. The SMILES string of the molecule is CC.CCc1ccc(C)cc1SC. The molecule has 0 spiro atoms. The summed E-state index contributed by atoms with van der Waals surface area (Å²) >= 11 is 1.83. The molecule has 0 heterocycles. The highest BCUT2D eigenvalue weighted by molar-refractivity contribution is 7.98. The van der Waals surface area contributed by atoms with Gasteiger partial charge in [0.1, 0.15) is 0 Å². The highest BCUT2D eigenvalue weighted by Gasteiger charge is 1.97. The first-order valence-corrected chi connectivity index (χ1v) is 6.14. The number of thioether (sulfide) groups is 1. The molecule has 0 unspecified atom stereocenters.